The van der Waals surface area contributed by atoms with E-state index in [-0.39, 0.29) is 5.82 Å². The number of benzene rings is 1. The molecule has 20 heavy (non-hydrogen) atoms. The fraction of sp³-hybridized carbons (Fsp3) is 0.667. The Labute approximate surface area is 129 Å². The molecule has 5 rings (SSSR count). The van der Waals surface area contributed by atoms with Gasteiger partial charge in [-0.15, -0.1) is 0 Å². The van der Waals surface area contributed by atoms with Gasteiger partial charge in [-0.2, -0.15) is 0 Å². The zero-order valence-corrected chi connectivity index (χ0v) is 13.4. The average molecular weight is 337 g/mol. The van der Waals surface area contributed by atoms with Crippen LogP contribution in [0.15, 0.2) is 24.3 Å². The van der Waals surface area contributed by atoms with Crippen LogP contribution in [0.2, 0.25) is 0 Å². The van der Waals surface area contributed by atoms with Crippen molar-refractivity contribution in [2.24, 2.45) is 29.6 Å². The molecular formula is C18H22BrF. The van der Waals surface area contributed by atoms with E-state index >= 15 is 0 Å². The molecule has 0 nitrogen and oxygen atoms in total. The second kappa shape index (κ2) is 5.12. The molecule has 0 amide bonds. The minimum Gasteiger partial charge on any atom is -0.207 e. The Morgan fingerprint density at radius 2 is 1.70 bits per heavy atom. The molecule has 4 aliphatic carbocycles. The van der Waals surface area contributed by atoms with Gasteiger partial charge in [0.25, 0.3) is 0 Å². The fourth-order valence-electron chi connectivity index (χ4n) is 5.58. The molecule has 4 saturated carbocycles. The molecule has 1 atom stereocenters. The highest BCUT2D eigenvalue weighted by Crippen LogP contribution is 2.58. The van der Waals surface area contributed by atoms with Crippen molar-refractivity contribution >= 4 is 15.9 Å². The maximum Gasteiger partial charge on any atom is 0.123 e. The zero-order chi connectivity index (χ0) is 13.7. The summed E-state index contributed by atoms with van der Waals surface area (Å²) in [6, 6.07) is 7.13. The van der Waals surface area contributed by atoms with Crippen LogP contribution in [-0.2, 0) is 6.42 Å². The number of halogens is 2. The van der Waals surface area contributed by atoms with Crippen molar-refractivity contribution in [3.05, 3.63) is 35.6 Å². The minimum absolute atomic E-state index is 0.104. The van der Waals surface area contributed by atoms with Crippen molar-refractivity contribution in [1.82, 2.24) is 0 Å². The molecule has 0 spiro atoms. The average Bonchev–Trinajstić information content (AvgIpc) is 2.37. The molecule has 2 heteroatoms. The molecule has 4 fully saturated rings. The van der Waals surface area contributed by atoms with E-state index < -0.39 is 0 Å². The summed E-state index contributed by atoms with van der Waals surface area (Å²) in [7, 11) is 0. The van der Waals surface area contributed by atoms with Gasteiger partial charge in [-0.3, -0.25) is 0 Å². The lowest BCUT2D eigenvalue weighted by atomic mass is 9.51. The SMILES string of the molecule is Fc1cccc(CC(Br)C2C3CC4CC(C3)CC2C4)c1. The highest BCUT2D eigenvalue weighted by molar-refractivity contribution is 9.09. The molecule has 1 aromatic rings. The lowest BCUT2D eigenvalue weighted by Gasteiger charge is -2.55. The van der Waals surface area contributed by atoms with Crippen LogP contribution in [0.25, 0.3) is 0 Å². The van der Waals surface area contributed by atoms with E-state index in [1.165, 1.54) is 38.2 Å². The number of rotatable bonds is 3. The van der Waals surface area contributed by atoms with Gasteiger partial charge >= 0.3 is 0 Å². The largest absolute Gasteiger partial charge is 0.207 e. The van der Waals surface area contributed by atoms with E-state index in [4.69, 9.17) is 0 Å². The summed E-state index contributed by atoms with van der Waals surface area (Å²) in [5, 5.41) is 0. The summed E-state index contributed by atoms with van der Waals surface area (Å²) in [6.07, 6.45) is 8.33. The summed E-state index contributed by atoms with van der Waals surface area (Å²) in [5.74, 6) is 4.65. The fourth-order valence-corrected chi connectivity index (χ4v) is 6.82. The molecule has 4 bridgehead atoms. The minimum atomic E-state index is -0.104. The second-order valence-electron chi connectivity index (χ2n) is 7.36. The van der Waals surface area contributed by atoms with Crippen LogP contribution in [-0.4, -0.2) is 4.83 Å². The highest BCUT2D eigenvalue weighted by Gasteiger charge is 2.49. The summed E-state index contributed by atoms with van der Waals surface area (Å²) < 4.78 is 13.3. The monoisotopic (exact) mass is 336 g/mol. The van der Waals surface area contributed by atoms with E-state index in [2.05, 4.69) is 22.0 Å². The third kappa shape index (κ3) is 2.34. The Morgan fingerprint density at radius 3 is 2.30 bits per heavy atom. The first-order valence-electron chi connectivity index (χ1n) is 8.07. The van der Waals surface area contributed by atoms with Crippen molar-refractivity contribution < 1.29 is 4.39 Å². The number of hydrogen-bond acceptors (Lipinski definition) is 0. The van der Waals surface area contributed by atoms with Gasteiger partial charge in [0.1, 0.15) is 5.82 Å². The molecule has 0 N–H and O–H groups in total. The Bertz CT molecular complexity index is 470. The first kappa shape index (κ1) is 13.3. The van der Waals surface area contributed by atoms with Crippen molar-refractivity contribution in [2.45, 2.75) is 43.4 Å². The topological polar surface area (TPSA) is 0 Å². The highest BCUT2D eigenvalue weighted by atomic mass is 79.9. The van der Waals surface area contributed by atoms with E-state index in [1.54, 1.807) is 6.07 Å². The molecule has 0 aliphatic heterocycles. The smallest absolute Gasteiger partial charge is 0.123 e. The van der Waals surface area contributed by atoms with Crippen LogP contribution in [0.5, 0.6) is 0 Å². The Balaban J connectivity index is 1.50. The van der Waals surface area contributed by atoms with Gasteiger partial charge in [0.2, 0.25) is 0 Å². The predicted octanol–water partition coefficient (Wildman–Crippen LogP) is 5.20. The van der Waals surface area contributed by atoms with Crippen LogP contribution in [0.4, 0.5) is 4.39 Å². The summed E-state index contributed by atoms with van der Waals surface area (Å²) >= 11 is 3.97. The van der Waals surface area contributed by atoms with Crippen LogP contribution in [0, 0.1) is 35.4 Å². The van der Waals surface area contributed by atoms with Crippen molar-refractivity contribution in [3.8, 4) is 0 Å². The third-order valence-corrected chi connectivity index (χ3v) is 6.97. The van der Waals surface area contributed by atoms with E-state index in [0.717, 1.165) is 41.6 Å². The summed E-state index contributed by atoms with van der Waals surface area (Å²) in [4.78, 5) is 0.527. The predicted molar refractivity (Wildman–Crippen MR) is 83.4 cm³/mol. The normalized spacial score (nSPS) is 40.0. The Hall–Kier alpha value is -0.370. The standard InChI is InChI=1S/C18H22BrF/c19-17(10-11-2-1-3-16(20)9-11)18-14-5-12-4-13(7-14)8-15(18)6-12/h1-3,9,12-15,17-18H,4-8,10H2. The molecule has 0 heterocycles. The second-order valence-corrected chi connectivity index (χ2v) is 8.53. The van der Waals surface area contributed by atoms with Gasteiger partial charge < -0.3 is 0 Å². The molecule has 1 unspecified atom stereocenters. The van der Waals surface area contributed by atoms with Gasteiger partial charge in [-0.1, -0.05) is 28.1 Å². The van der Waals surface area contributed by atoms with E-state index in [9.17, 15) is 4.39 Å². The summed E-state index contributed by atoms with van der Waals surface area (Å²) in [5.41, 5.74) is 1.14. The van der Waals surface area contributed by atoms with Crippen LogP contribution >= 0.6 is 15.9 Å². The Morgan fingerprint density at radius 1 is 1.05 bits per heavy atom. The number of alkyl halides is 1. The molecular weight excluding hydrogens is 315 g/mol. The van der Waals surface area contributed by atoms with Crippen LogP contribution in [0.1, 0.15) is 37.7 Å². The van der Waals surface area contributed by atoms with Crippen molar-refractivity contribution in [2.75, 3.05) is 0 Å². The Kier molecular flexibility index (Phi) is 3.41. The molecule has 1 aromatic carbocycles. The van der Waals surface area contributed by atoms with Gasteiger partial charge in [-0.25, -0.2) is 4.39 Å². The molecule has 0 saturated heterocycles. The number of hydrogen-bond donors (Lipinski definition) is 0. The van der Waals surface area contributed by atoms with E-state index in [0.29, 0.717) is 4.83 Å². The molecule has 0 aromatic heterocycles. The van der Waals surface area contributed by atoms with Gasteiger partial charge in [0.05, 0.1) is 0 Å². The van der Waals surface area contributed by atoms with Crippen LogP contribution in [0.3, 0.4) is 0 Å². The van der Waals surface area contributed by atoms with Crippen molar-refractivity contribution in [1.29, 1.82) is 0 Å². The zero-order valence-electron chi connectivity index (χ0n) is 11.8. The maximum atomic E-state index is 13.3. The van der Waals surface area contributed by atoms with Gasteiger partial charge in [0.15, 0.2) is 0 Å². The van der Waals surface area contributed by atoms with Crippen molar-refractivity contribution in [3.63, 3.8) is 0 Å². The van der Waals surface area contributed by atoms with Gasteiger partial charge in [-0.05, 0) is 85.8 Å². The summed E-state index contributed by atoms with van der Waals surface area (Å²) in [6.45, 7) is 0. The lowest BCUT2D eigenvalue weighted by molar-refractivity contribution is -0.0360. The first-order chi connectivity index (χ1) is 9.69. The molecule has 4 aliphatic rings. The van der Waals surface area contributed by atoms with Gasteiger partial charge in [0, 0.05) is 4.83 Å². The third-order valence-electron chi connectivity index (χ3n) is 6.04. The van der Waals surface area contributed by atoms with E-state index in [1.807, 2.05) is 6.07 Å². The molecule has 108 valence electrons. The lowest BCUT2D eigenvalue weighted by Crippen LogP contribution is -2.48. The molecule has 0 radical (unpaired) electrons. The van der Waals surface area contributed by atoms with Crippen LogP contribution < -0.4 is 0 Å². The quantitative estimate of drug-likeness (QED) is 0.665. The maximum absolute atomic E-state index is 13.3. The first-order valence-corrected chi connectivity index (χ1v) is 8.99.